The quantitative estimate of drug-likeness (QED) is 0.528. The molecule has 0 aliphatic carbocycles. The zero-order valence-corrected chi connectivity index (χ0v) is 18.0. The highest BCUT2D eigenvalue weighted by Gasteiger charge is 2.41. The normalized spacial score (nSPS) is 13.9. The lowest BCUT2D eigenvalue weighted by Crippen LogP contribution is -2.32. The van der Waals surface area contributed by atoms with Gasteiger partial charge in [-0.05, 0) is 61.7 Å². The van der Waals surface area contributed by atoms with Crippen LogP contribution in [0.3, 0.4) is 0 Å². The third-order valence-electron chi connectivity index (χ3n) is 5.30. The number of aryl methyl sites for hydroxylation is 3. The lowest BCUT2D eigenvalue weighted by atomic mass is 9.97. The van der Waals surface area contributed by atoms with Gasteiger partial charge in [0, 0.05) is 5.69 Å². The molecule has 31 heavy (non-hydrogen) atoms. The molecule has 1 aliphatic rings. The van der Waals surface area contributed by atoms with Gasteiger partial charge in [-0.1, -0.05) is 53.6 Å². The molecule has 6 heteroatoms. The zero-order valence-electron chi connectivity index (χ0n) is 17.3. The largest absolute Gasteiger partial charge is 0.350 e. The summed E-state index contributed by atoms with van der Waals surface area (Å²) < 4.78 is 13.7. The lowest BCUT2D eigenvalue weighted by Gasteiger charge is -2.16. The Morgan fingerprint density at radius 1 is 0.871 bits per heavy atom. The van der Waals surface area contributed by atoms with Crippen LogP contribution in [0.15, 0.2) is 66.4 Å². The van der Waals surface area contributed by atoms with E-state index < -0.39 is 17.6 Å². The molecule has 0 radical (unpaired) electrons. The molecule has 0 saturated heterocycles. The molecule has 1 N–H and O–H groups in total. The number of para-hydroxylation sites is 1. The van der Waals surface area contributed by atoms with Gasteiger partial charge in [0.15, 0.2) is 0 Å². The van der Waals surface area contributed by atoms with Crippen LogP contribution in [0.4, 0.5) is 15.8 Å². The molecule has 0 bridgehead atoms. The maximum Gasteiger partial charge on any atom is 0.282 e. The SMILES string of the molecule is Cc1ccc(C2=C(Nc3ccccc3C)C(=O)N(c3ccc(F)c(Cl)c3)C2=O)c(C)c1. The lowest BCUT2D eigenvalue weighted by molar-refractivity contribution is -0.120. The second-order valence-corrected chi connectivity index (χ2v) is 7.96. The van der Waals surface area contributed by atoms with Crippen LogP contribution in [0, 0.1) is 26.6 Å². The Balaban J connectivity index is 1.88. The number of benzene rings is 3. The summed E-state index contributed by atoms with van der Waals surface area (Å²) in [5, 5.41) is 3.01. The van der Waals surface area contributed by atoms with Crippen molar-refractivity contribution in [3.63, 3.8) is 0 Å². The van der Waals surface area contributed by atoms with Gasteiger partial charge in [0.25, 0.3) is 11.8 Å². The van der Waals surface area contributed by atoms with Crippen molar-refractivity contribution in [2.24, 2.45) is 0 Å². The first kappa shape index (κ1) is 20.8. The van der Waals surface area contributed by atoms with Crippen LogP contribution in [0.2, 0.25) is 5.02 Å². The minimum Gasteiger partial charge on any atom is -0.350 e. The first-order valence-electron chi connectivity index (χ1n) is 9.76. The number of hydrogen-bond acceptors (Lipinski definition) is 3. The number of nitrogens with one attached hydrogen (secondary N) is 1. The fourth-order valence-corrected chi connectivity index (χ4v) is 3.87. The van der Waals surface area contributed by atoms with Crippen molar-refractivity contribution >= 4 is 40.4 Å². The Kier molecular flexibility index (Phi) is 5.38. The summed E-state index contributed by atoms with van der Waals surface area (Å²) in [6.45, 7) is 5.78. The molecule has 0 spiro atoms. The summed E-state index contributed by atoms with van der Waals surface area (Å²) in [7, 11) is 0. The van der Waals surface area contributed by atoms with Crippen LogP contribution in [0.1, 0.15) is 22.3 Å². The van der Waals surface area contributed by atoms with Crippen LogP contribution >= 0.6 is 11.6 Å². The van der Waals surface area contributed by atoms with Crippen molar-refractivity contribution < 1.29 is 14.0 Å². The number of anilines is 2. The third kappa shape index (κ3) is 3.73. The summed E-state index contributed by atoms with van der Waals surface area (Å²) in [6, 6.07) is 17.0. The second kappa shape index (κ2) is 8.00. The first-order chi connectivity index (χ1) is 14.8. The summed E-state index contributed by atoms with van der Waals surface area (Å²) in [6.07, 6.45) is 0. The molecule has 3 aromatic rings. The number of carbonyl (C=O) groups is 2. The minimum atomic E-state index is -0.620. The Hall–Kier alpha value is -3.44. The number of imide groups is 1. The Labute approximate surface area is 185 Å². The van der Waals surface area contributed by atoms with Gasteiger partial charge in [0.2, 0.25) is 0 Å². The van der Waals surface area contributed by atoms with Crippen molar-refractivity contribution in [3.05, 3.63) is 99.5 Å². The molecule has 1 aliphatic heterocycles. The fraction of sp³-hybridized carbons (Fsp3) is 0.120. The molecule has 0 atom stereocenters. The van der Waals surface area contributed by atoms with Crippen LogP contribution in [-0.2, 0) is 9.59 Å². The Morgan fingerprint density at radius 2 is 1.61 bits per heavy atom. The molecular formula is C25H20ClFN2O2. The summed E-state index contributed by atoms with van der Waals surface area (Å²) in [4.78, 5) is 28.0. The van der Waals surface area contributed by atoms with Gasteiger partial charge in [0.05, 0.1) is 16.3 Å². The third-order valence-corrected chi connectivity index (χ3v) is 5.59. The number of carbonyl (C=O) groups excluding carboxylic acids is 2. The summed E-state index contributed by atoms with van der Waals surface area (Å²) in [5.41, 5.74) is 4.89. The van der Waals surface area contributed by atoms with Crippen molar-refractivity contribution in [3.8, 4) is 0 Å². The van der Waals surface area contributed by atoms with Gasteiger partial charge in [-0.2, -0.15) is 0 Å². The van der Waals surface area contributed by atoms with E-state index in [-0.39, 0.29) is 22.0 Å². The highest BCUT2D eigenvalue weighted by atomic mass is 35.5. The van der Waals surface area contributed by atoms with E-state index >= 15 is 0 Å². The molecular weight excluding hydrogens is 415 g/mol. The number of amides is 2. The van der Waals surface area contributed by atoms with E-state index in [1.54, 1.807) is 0 Å². The Morgan fingerprint density at radius 3 is 2.29 bits per heavy atom. The standard InChI is InChI=1S/C25H20ClFN2O2/c1-14-8-10-18(16(3)12-14)22-23(28-21-7-5-4-6-15(21)2)25(31)29(24(22)30)17-9-11-20(27)19(26)13-17/h4-13,28H,1-3H3. The highest BCUT2D eigenvalue weighted by molar-refractivity contribution is 6.46. The van der Waals surface area contributed by atoms with Crippen LogP contribution in [-0.4, -0.2) is 11.8 Å². The Bertz CT molecular complexity index is 1270. The van der Waals surface area contributed by atoms with Gasteiger partial charge < -0.3 is 5.32 Å². The molecule has 4 rings (SSSR count). The molecule has 2 amide bonds. The first-order valence-corrected chi connectivity index (χ1v) is 10.1. The van der Waals surface area contributed by atoms with E-state index in [0.29, 0.717) is 5.56 Å². The van der Waals surface area contributed by atoms with Crippen LogP contribution < -0.4 is 10.2 Å². The minimum absolute atomic E-state index is 0.161. The van der Waals surface area contributed by atoms with Gasteiger partial charge in [-0.15, -0.1) is 0 Å². The average molecular weight is 435 g/mol. The predicted molar refractivity (Wildman–Crippen MR) is 122 cm³/mol. The summed E-state index contributed by atoms with van der Waals surface area (Å²) in [5.74, 6) is -1.63. The number of rotatable bonds is 4. The van der Waals surface area contributed by atoms with Crippen molar-refractivity contribution in [1.29, 1.82) is 0 Å². The van der Waals surface area contributed by atoms with E-state index in [0.717, 1.165) is 33.3 Å². The molecule has 1 heterocycles. The highest BCUT2D eigenvalue weighted by Crippen LogP contribution is 2.36. The monoisotopic (exact) mass is 434 g/mol. The van der Waals surface area contributed by atoms with Crippen molar-refractivity contribution in [1.82, 2.24) is 0 Å². The average Bonchev–Trinajstić information content (AvgIpc) is 2.96. The molecule has 0 aromatic heterocycles. The van der Waals surface area contributed by atoms with Crippen LogP contribution in [0.5, 0.6) is 0 Å². The van der Waals surface area contributed by atoms with E-state index in [9.17, 15) is 14.0 Å². The maximum absolute atomic E-state index is 13.7. The number of nitrogens with zero attached hydrogens (tertiary/aromatic N) is 1. The van der Waals surface area contributed by atoms with Crippen LogP contribution in [0.25, 0.3) is 5.57 Å². The maximum atomic E-state index is 13.7. The zero-order chi connectivity index (χ0) is 22.3. The molecule has 156 valence electrons. The molecule has 4 nitrogen and oxygen atoms in total. The molecule has 0 unspecified atom stereocenters. The molecule has 0 saturated carbocycles. The smallest absolute Gasteiger partial charge is 0.282 e. The van der Waals surface area contributed by atoms with Gasteiger partial charge >= 0.3 is 0 Å². The molecule has 0 fully saturated rings. The van der Waals surface area contributed by atoms with E-state index in [1.807, 2.05) is 63.2 Å². The summed E-state index contributed by atoms with van der Waals surface area (Å²) >= 11 is 5.92. The second-order valence-electron chi connectivity index (χ2n) is 7.55. The van der Waals surface area contributed by atoms with Gasteiger partial charge in [-0.25, -0.2) is 9.29 Å². The van der Waals surface area contributed by atoms with Gasteiger partial charge in [0.1, 0.15) is 11.5 Å². The number of halogens is 2. The topological polar surface area (TPSA) is 49.4 Å². The van der Waals surface area contributed by atoms with Gasteiger partial charge in [-0.3, -0.25) is 9.59 Å². The fourth-order valence-electron chi connectivity index (χ4n) is 3.70. The van der Waals surface area contributed by atoms with E-state index in [4.69, 9.17) is 11.6 Å². The number of hydrogen-bond donors (Lipinski definition) is 1. The van der Waals surface area contributed by atoms with E-state index in [1.165, 1.54) is 12.1 Å². The van der Waals surface area contributed by atoms with Crippen molar-refractivity contribution in [2.75, 3.05) is 10.2 Å². The van der Waals surface area contributed by atoms with E-state index in [2.05, 4.69) is 5.32 Å². The van der Waals surface area contributed by atoms with Crippen molar-refractivity contribution in [2.45, 2.75) is 20.8 Å². The predicted octanol–water partition coefficient (Wildman–Crippen LogP) is 5.80. The molecule has 3 aromatic carbocycles.